The number of aliphatic hydroxyl groups excluding tert-OH is 2. The van der Waals surface area contributed by atoms with Crippen molar-refractivity contribution in [2.75, 3.05) is 39.6 Å². The highest BCUT2D eigenvalue weighted by Crippen LogP contribution is 2.35. The first kappa shape index (κ1) is 36.2. The van der Waals surface area contributed by atoms with Crippen molar-refractivity contribution in [3.8, 4) is 11.5 Å². The van der Waals surface area contributed by atoms with Crippen LogP contribution in [0.3, 0.4) is 0 Å². The van der Waals surface area contributed by atoms with Gasteiger partial charge in [0, 0.05) is 25.8 Å². The molecule has 2 aromatic carbocycles. The summed E-state index contributed by atoms with van der Waals surface area (Å²) in [5.41, 5.74) is 0.153. The molecule has 250 valence electrons. The third kappa shape index (κ3) is 10.7. The van der Waals surface area contributed by atoms with Crippen LogP contribution >= 0.6 is 0 Å². The Hall–Kier alpha value is -3.23. The van der Waals surface area contributed by atoms with Gasteiger partial charge in [0.1, 0.15) is 6.04 Å². The van der Waals surface area contributed by atoms with E-state index in [1.807, 2.05) is 65.0 Å². The van der Waals surface area contributed by atoms with Crippen LogP contribution in [0.25, 0.3) is 0 Å². The minimum Gasteiger partial charge on any atom is -0.454 e. The van der Waals surface area contributed by atoms with E-state index in [4.69, 9.17) is 14.6 Å². The fourth-order valence-corrected chi connectivity index (χ4v) is 6.55. The third-order valence-corrected chi connectivity index (χ3v) is 9.09. The van der Waals surface area contributed by atoms with E-state index in [1.165, 1.54) is 16.4 Å². The molecule has 1 aliphatic rings. The Labute approximate surface area is 266 Å². The molecule has 1 heterocycles. The molecule has 0 spiro atoms. The molecule has 0 saturated carbocycles. The Kier molecular flexibility index (Phi) is 13.2. The number of nitrogens with zero attached hydrogens (tertiary/aromatic N) is 1. The Bertz CT molecular complexity index is 1360. The molecular weight excluding hydrogens is 600 g/mol. The predicted octanol–water partition coefficient (Wildman–Crippen LogP) is 1.65. The summed E-state index contributed by atoms with van der Waals surface area (Å²) < 4.78 is 39.7. The van der Waals surface area contributed by atoms with Crippen molar-refractivity contribution in [3.63, 3.8) is 0 Å². The first-order valence-electron chi connectivity index (χ1n) is 15.3. The van der Waals surface area contributed by atoms with Gasteiger partial charge in [-0.15, -0.1) is 0 Å². The van der Waals surface area contributed by atoms with Gasteiger partial charge in [0.25, 0.3) is 0 Å². The molecular formula is C32H48N4O8S. The lowest BCUT2D eigenvalue weighted by atomic mass is 9.85. The van der Waals surface area contributed by atoms with Gasteiger partial charge in [-0.25, -0.2) is 8.42 Å². The van der Waals surface area contributed by atoms with Crippen LogP contribution in [0.1, 0.15) is 46.6 Å². The topological polar surface area (TPSA) is 167 Å². The molecule has 1 aliphatic heterocycles. The van der Waals surface area contributed by atoms with Gasteiger partial charge in [-0.3, -0.25) is 9.59 Å². The van der Waals surface area contributed by atoms with E-state index in [1.54, 1.807) is 6.07 Å². The molecule has 3 atom stereocenters. The number of sulfonamides is 1. The number of benzene rings is 2. The van der Waals surface area contributed by atoms with Crippen molar-refractivity contribution in [1.82, 2.24) is 20.3 Å². The summed E-state index contributed by atoms with van der Waals surface area (Å²) in [5.74, 6) is -0.165. The van der Waals surface area contributed by atoms with E-state index in [2.05, 4.69) is 16.0 Å². The summed E-state index contributed by atoms with van der Waals surface area (Å²) >= 11 is 0. The molecule has 12 nitrogen and oxygen atoms in total. The van der Waals surface area contributed by atoms with E-state index in [0.717, 1.165) is 5.56 Å². The van der Waals surface area contributed by atoms with Gasteiger partial charge in [-0.1, -0.05) is 65.0 Å². The van der Waals surface area contributed by atoms with Crippen LogP contribution in [0, 0.1) is 11.3 Å². The van der Waals surface area contributed by atoms with Crippen molar-refractivity contribution in [2.24, 2.45) is 11.3 Å². The second-order valence-corrected chi connectivity index (χ2v) is 14.7. The molecule has 0 fully saturated rings. The first-order valence-corrected chi connectivity index (χ1v) is 16.7. The molecule has 0 bridgehead atoms. The molecule has 13 heteroatoms. The lowest BCUT2D eigenvalue weighted by Gasteiger charge is -2.34. The van der Waals surface area contributed by atoms with Crippen molar-refractivity contribution in [2.45, 2.75) is 70.5 Å². The van der Waals surface area contributed by atoms with Crippen LogP contribution in [0.5, 0.6) is 11.5 Å². The van der Waals surface area contributed by atoms with Crippen LogP contribution in [0.2, 0.25) is 0 Å². The SMILES string of the molecule is CC(C)CN(C[C@@H](O)[C@H](Cc1ccccc1)NC(=O)[C@@H](NC(=O)CNCCCO)C(C)(C)C)S(=O)(=O)c1ccc2c(c1)OCO2. The van der Waals surface area contributed by atoms with Crippen molar-refractivity contribution < 1.29 is 37.7 Å². The van der Waals surface area contributed by atoms with E-state index < -0.39 is 39.5 Å². The van der Waals surface area contributed by atoms with Gasteiger partial charge in [0.15, 0.2) is 11.5 Å². The molecule has 0 saturated heterocycles. The highest BCUT2D eigenvalue weighted by molar-refractivity contribution is 7.89. The molecule has 0 aromatic heterocycles. The third-order valence-electron chi connectivity index (χ3n) is 7.26. The minimum absolute atomic E-state index is 0.000635. The smallest absolute Gasteiger partial charge is 0.243 e. The summed E-state index contributed by atoms with van der Waals surface area (Å²) in [6.45, 7) is 9.49. The summed E-state index contributed by atoms with van der Waals surface area (Å²) in [5, 5.41) is 29.2. The summed E-state index contributed by atoms with van der Waals surface area (Å²) in [4.78, 5) is 26.4. The number of hydrogen-bond donors (Lipinski definition) is 5. The number of nitrogens with one attached hydrogen (secondary N) is 3. The maximum atomic E-state index is 13.9. The molecule has 3 rings (SSSR count). The van der Waals surface area contributed by atoms with Crippen LogP contribution in [0.15, 0.2) is 53.4 Å². The number of carbonyl (C=O) groups is 2. The van der Waals surface area contributed by atoms with E-state index in [9.17, 15) is 23.1 Å². The van der Waals surface area contributed by atoms with E-state index >= 15 is 0 Å². The molecule has 0 aliphatic carbocycles. The van der Waals surface area contributed by atoms with Gasteiger partial charge in [0.2, 0.25) is 28.6 Å². The number of fused-ring (bicyclic) bond motifs is 1. The van der Waals surface area contributed by atoms with E-state index in [-0.39, 0.29) is 56.2 Å². The zero-order valence-electron chi connectivity index (χ0n) is 26.8. The predicted molar refractivity (Wildman–Crippen MR) is 170 cm³/mol. The number of rotatable bonds is 17. The quantitative estimate of drug-likeness (QED) is 0.160. The van der Waals surface area contributed by atoms with Gasteiger partial charge in [-0.05, 0) is 48.4 Å². The Morgan fingerprint density at radius 1 is 1.00 bits per heavy atom. The molecule has 2 aromatic rings. The van der Waals surface area contributed by atoms with Crippen molar-refractivity contribution in [1.29, 1.82) is 0 Å². The largest absolute Gasteiger partial charge is 0.454 e. The Balaban J connectivity index is 1.85. The maximum Gasteiger partial charge on any atom is 0.243 e. The number of carbonyl (C=O) groups excluding carboxylic acids is 2. The normalized spacial score (nSPS) is 15.1. The fraction of sp³-hybridized carbons (Fsp3) is 0.562. The van der Waals surface area contributed by atoms with Gasteiger partial charge >= 0.3 is 0 Å². The zero-order valence-corrected chi connectivity index (χ0v) is 27.6. The molecule has 0 radical (unpaired) electrons. The number of amides is 2. The van der Waals surface area contributed by atoms with Crippen LogP contribution in [-0.2, 0) is 26.0 Å². The second kappa shape index (κ2) is 16.4. The first-order chi connectivity index (χ1) is 21.2. The van der Waals surface area contributed by atoms with Gasteiger partial charge in [-0.2, -0.15) is 4.31 Å². The maximum absolute atomic E-state index is 13.9. The zero-order chi connectivity index (χ0) is 33.2. The molecule has 2 amide bonds. The summed E-state index contributed by atoms with van der Waals surface area (Å²) in [6, 6.07) is 11.8. The monoisotopic (exact) mass is 648 g/mol. The highest BCUT2D eigenvalue weighted by atomic mass is 32.2. The molecule has 0 unspecified atom stereocenters. The summed E-state index contributed by atoms with van der Waals surface area (Å²) in [7, 11) is -4.07. The number of aliphatic hydroxyl groups is 2. The van der Waals surface area contributed by atoms with E-state index in [0.29, 0.717) is 24.5 Å². The number of hydrogen-bond acceptors (Lipinski definition) is 9. The molecule has 5 N–H and O–H groups in total. The van der Waals surface area contributed by atoms with Crippen LogP contribution in [0.4, 0.5) is 0 Å². The molecule has 45 heavy (non-hydrogen) atoms. The highest BCUT2D eigenvalue weighted by Gasteiger charge is 2.37. The van der Waals surface area contributed by atoms with Gasteiger partial charge < -0.3 is 35.6 Å². The minimum atomic E-state index is -4.07. The lowest BCUT2D eigenvalue weighted by Crippen LogP contribution is -2.59. The standard InChI is InChI=1S/C32H48N4O8S/c1-22(2)19-36(45(41,42)24-12-13-27-28(17-24)44-21-43-27)20-26(38)25(16-23-10-7-6-8-11-23)34-31(40)30(32(3,4)5)35-29(39)18-33-14-9-15-37/h6-8,10-13,17,22,25-26,30,33,37-38H,9,14-16,18-21H2,1-5H3,(H,34,40)(H,35,39)/t25-,26+,30+/m0/s1. The fourth-order valence-electron chi connectivity index (χ4n) is 4.91. The van der Waals surface area contributed by atoms with Crippen molar-refractivity contribution in [3.05, 3.63) is 54.1 Å². The van der Waals surface area contributed by atoms with Gasteiger partial charge in [0.05, 0.1) is 23.6 Å². The average molecular weight is 649 g/mol. The van der Waals surface area contributed by atoms with Crippen molar-refractivity contribution >= 4 is 21.8 Å². The number of ether oxygens (including phenoxy) is 2. The Morgan fingerprint density at radius 3 is 2.33 bits per heavy atom. The van der Waals surface area contributed by atoms with Crippen LogP contribution in [-0.4, -0.2) is 92.5 Å². The average Bonchev–Trinajstić information content (AvgIpc) is 3.45. The van der Waals surface area contributed by atoms with Crippen LogP contribution < -0.4 is 25.4 Å². The second-order valence-electron chi connectivity index (χ2n) is 12.7. The Morgan fingerprint density at radius 2 is 1.69 bits per heavy atom. The lowest BCUT2D eigenvalue weighted by molar-refractivity contribution is -0.132. The summed E-state index contributed by atoms with van der Waals surface area (Å²) in [6.07, 6.45) is -0.581.